The Morgan fingerprint density at radius 3 is 2.73 bits per heavy atom. The fraction of sp³-hybridized carbons (Fsp3) is 0.450. The number of carbonyl (C=O) groups excluding carboxylic acids is 1. The minimum absolute atomic E-state index is 0.0811. The second kappa shape index (κ2) is 9.13. The molecule has 162 valence electrons. The van der Waals surface area contributed by atoms with E-state index in [0.717, 1.165) is 42.0 Å². The summed E-state index contributed by atoms with van der Waals surface area (Å²) in [5, 5.41) is 14.7. The molecule has 3 N–H and O–H groups in total. The van der Waals surface area contributed by atoms with Gasteiger partial charge in [-0.25, -0.2) is 9.78 Å². The zero-order valence-corrected chi connectivity index (χ0v) is 17.1. The lowest BCUT2D eigenvalue weighted by molar-refractivity contribution is -0.192. The summed E-state index contributed by atoms with van der Waals surface area (Å²) >= 11 is 1.82. The number of amides is 1. The maximum Gasteiger partial charge on any atom is 0.490 e. The Kier molecular flexibility index (Phi) is 6.77. The molecule has 0 radical (unpaired) electrons. The normalized spacial score (nSPS) is 18.3. The predicted molar refractivity (Wildman–Crippen MR) is 108 cm³/mol. The number of carboxylic acids is 1. The molecule has 2 aliphatic rings. The topological polar surface area (TPSA) is 91.3 Å². The molecule has 2 aliphatic heterocycles. The molecule has 1 saturated heterocycles. The second-order valence-electron chi connectivity index (χ2n) is 7.33. The lowest BCUT2D eigenvalue weighted by atomic mass is 9.96. The van der Waals surface area contributed by atoms with Gasteiger partial charge in [-0.1, -0.05) is 6.07 Å². The van der Waals surface area contributed by atoms with Gasteiger partial charge >= 0.3 is 12.1 Å². The molecular weight excluding hydrogens is 419 g/mol. The van der Waals surface area contributed by atoms with Crippen LogP contribution in [0, 0.1) is 12.8 Å². The van der Waals surface area contributed by atoms with Gasteiger partial charge in [0.25, 0.3) is 0 Å². The Balaban J connectivity index is 0.000000318. The number of hydrogen-bond donors (Lipinski definition) is 3. The van der Waals surface area contributed by atoms with Gasteiger partial charge in [0.05, 0.1) is 17.1 Å². The Bertz CT molecular complexity index is 937. The van der Waals surface area contributed by atoms with Crippen LogP contribution in [0.15, 0.2) is 18.2 Å². The SMILES string of the molecule is Cc1sc(CC2CCCNC2)nc1-c1ccc2c(c1)CC(=O)N2.O=C(O)C(F)(F)F. The van der Waals surface area contributed by atoms with E-state index in [1.165, 1.54) is 22.7 Å². The van der Waals surface area contributed by atoms with Crippen molar-refractivity contribution in [3.63, 3.8) is 0 Å². The van der Waals surface area contributed by atoms with Crippen LogP contribution in [0.5, 0.6) is 0 Å². The van der Waals surface area contributed by atoms with Crippen molar-refractivity contribution in [2.45, 2.75) is 38.8 Å². The van der Waals surface area contributed by atoms with Crippen LogP contribution in [0.2, 0.25) is 0 Å². The highest BCUT2D eigenvalue weighted by molar-refractivity contribution is 7.12. The van der Waals surface area contributed by atoms with Gasteiger partial charge in [-0.15, -0.1) is 11.3 Å². The summed E-state index contributed by atoms with van der Waals surface area (Å²) in [6.07, 6.45) is -0.961. The molecule has 1 aromatic carbocycles. The molecule has 10 heteroatoms. The molecule has 6 nitrogen and oxygen atoms in total. The van der Waals surface area contributed by atoms with Crippen LogP contribution in [0.25, 0.3) is 11.3 Å². The molecular formula is C20H22F3N3O3S. The summed E-state index contributed by atoms with van der Waals surface area (Å²) in [6, 6.07) is 6.18. The average Bonchev–Trinajstić information content (AvgIpc) is 3.22. The lowest BCUT2D eigenvalue weighted by Crippen LogP contribution is -2.30. The fourth-order valence-electron chi connectivity index (χ4n) is 3.53. The molecule has 1 atom stereocenters. The van der Waals surface area contributed by atoms with Crippen LogP contribution >= 0.6 is 11.3 Å². The monoisotopic (exact) mass is 441 g/mol. The molecule has 30 heavy (non-hydrogen) atoms. The number of aryl methyl sites for hydroxylation is 1. The Hall–Kier alpha value is -2.46. The summed E-state index contributed by atoms with van der Waals surface area (Å²) < 4.78 is 31.7. The number of nitrogens with zero attached hydrogens (tertiary/aromatic N) is 1. The number of fused-ring (bicyclic) bond motifs is 1. The van der Waals surface area contributed by atoms with Gasteiger partial charge in [0.2, 0.25) is 5.91 Å². The first kappa shape index (κ1) is 22.2. The van der Waals surface area contributed by atoms with Crippen molar-refractivity contribution in [3.05, 3.63) is 33.6 Å². The highest BCUT2D eigenvalue weighted by atomic mass is 32.1. The number of benzene rings is 1. The highest BCUT2D eigenvalue weighted by Crippen LogP contribution is 2.33. The van der Waals surface area contributed by atoms with Crippen molar-refractivity contribution in [1.29, 1.82) is 0 Å². The van der Waals surface area contributed by atoms with Crippen LogP contribution in [-0.2, 0) is 22.4 Å². The third kappa shape index (κ3) is 5.57. The van der Waals surface area contributed by atoms with Gasteiger partial charge in [0, 0.05) is 22.5 Å². The molecule has 1 unspecified atom stereocenters. The van der Waals surface area contributed by atoms with Gasteiger partial charge in [0.1, 0.15) is 0 Å². The van der Waals surface area contributed by atoms with Crippen LogP contribution in [-0.4, -0.2) is 41.2 Å². The number of anilines is 1. The largest absolute Gasteiger partial charge is 0.490 e. The summed E-state index contributed by atoms with van der Waals surface area (Å²) in [6.45, 7) is 4.41. The number of alkyl halides is 3. The minimum atomic E-state index is -5.08. The predicted octanol–water partition coefficient (Wildman–Crippen LogP) is 3.79. The third-order valence-electron chi connectivity index (χ3n) is 4.95. The van der Waals surface area contributed by atoms with E-state index < -0.39 is 12.1 Å². The number of nitrogens with one attached hydrogen (secondary N) is 2. The molecule has 4 rings (SSSR count). The quantitative estimate of drug-likeness (QED) is 0.674. The third-order valence-corrected chi connectivity index (χ3v) is 5.94. The first-order chi connectivity index (χ1) is 14.1. The number of hydrogen-bond acceptors (Lipinski definition) is 5. The number of piperidine rings is 1. The summed E-state index contributed by atoms with van der Waals surface area (Å²) in [7, 11) is 0. The van der Waals surface area contributed by atoms with E-state index in [1.54, 1.807) is 0 Å². The number of aliphatic carboxylic acids is 1. The Labute approximate surface area is 175 Å². The van der Waals surface area contributed by atoms with Crippen molar-refractivity contribution in [2.24, 2.45) is 5.92 Å². The van der Waals surface area contributed by atoms with Crippen LogP contribution in [0.1, 0.15) is 28.3 Å². The van der Waals surface area contributed by atoms with E-state index >= 15 is 0 Å². The van der Waals surface area contributed by atoms with Crippen molar-refractivity contribution >= 4 is 28.9 Å². The number of carbonyl (C=O) groups is 2. The summed E-state index contributed by atoms with van der Waals surface area (Å²) in [5.41, 5.74) is 4.23. The summed E-state index contributed by atoms with van der Waals surface area (Å²) in [5.74, 6) is -1.96. The van der Waals surface area contributed by atoms with E-state index in [4.69, 9.17) is 14.9 Å². The maximum absolute atomic E-state index is 11.5. The van der Waals surface area contributed by atoms with Crippen LogP contribution in [0.4, 0.5) is 18.9 Å². The van der Waals surface area contributed by atoms with E-state index in [0.29, 0.717) is 12.3 Å². The van der Waals surface area contributed by atoms with Crippen molar-refractivity contribution in [3.8, 4) is 11.3 Å². The molecule has 1 fully saturated rings. The number of rotatable bonds is 3. The molecule has 1 aromatic heterocycles. The summed E-state index contributed by atoms with van der Waals surface area (Å²) in [4.78, 5) is 26.6. The van der Waals surface area contributed by atoms with E-state index in [9.17, 15) is 18.0 Å². The number of carboxylic acid groups (broad SMARTS) is 1. The zero-order valence-electron chi connectivity index (χ0n) is 16.3. The van der Waals surface area contributed by atoms with Gasteiger partial charge in [0.15, 0.2) is 0 Å². The lowest BCUT2D eigenvalue weighted by Gasteiger charge is -2.21. The smallest absolute Gasteiger partial charge is 0.475 e. The van der Waals surface area contributed by atoms with E-state index in [2.05, 4.69) is 29.7 Å². The van der Waals surface area contributed by atoms with Gasteiger partial charge in [-0.3, -0.25) is 4.79 Å². The van der Waals surface area contributed by atoms with Crippen molar-refractivity contribution in [2.75, 3.05) is 18.4 Å². The molecule has 0 spiro atoms. The first-order valence-corrected chi connectivity index (χ1v) is 10.4. The molecule has 2 aromatic rings. The van der Waals surface area contributed by atoms with Gasteiger partial charge in [-0.2, -0.15) is 13.2 Å². The van der Waals surface area contributed by atoms with Gasteiger partial charge in [-0.05, 0) is 56.5 Å². The highest BCUT2D eigenvalue weighted by Gasteiger charge is 2.38. The molecule has 3 heterocycles. The first-order valence-electron chi connectivity index (χ1n) is 9.53. The fourth-order valence-corrected chi connectivity index (χ4v) is 4.60. The maximum atomic E-state index is 11.5. The second-order valence-corrected chi connectivity index (χ2v) is 8.62. The Morgan fingerprint density at radius 2 is 2.10 bits per heavy atom. The Morgan fingerprint density at radius 1 is 1.37 bits per heavy atom. The van der Waals surface area contributed by atoms with E-state index in [1.807, 2.05) is 17.4 Å². The standard InChI is InChI=1S/C18H21N3OS.C2HF3O2/c1-11-18(13-4-5-15-14(8-13)9-16(22)20-15)21-17(23-11)7-12-3-2-6-19-10-12;3-2(4,5)1(6)7/h4-5,8,12,19H,2-3,6-7,9-10H2,1H3,(H,20,22);(H,6,7). The molecule has 1 amide bonds. The molecule has 0 aliphatic carbocycles. The number of halogens is 3. The molecule has 0 bridgehead atoms. The van der Waals surface area contributed by atoms with Crippen molar-refractivity contribution in [1.82, 2.24) is 10.3 Å². The van der Waals surface area contributed by atoms with E-state index in [-0.39, 0.29) is 5.91 Å². The minimum Gasteiger partial charge on any atom is -0.475 e. The molecule has 0 saturated carbocycles. The number of thiazole rings is 1. The average molecular weight is 441 g/mol. The zero-order chi connectivity index (χ0) is 21.9. The van der Waals surface area contributed by atoms with Crippen molar-refractivity contribution < 1.29 is 27.9 Å². The van der Waals surface area contributed by atoms with Gasteiger partial charge < -0.3 is 15.7 Å². The number of aromatic nitrogens is 1. The van der Waals surface area contributed by atoms with Crippen LogP contribution in [0.3, 0.4) is 0 Å². The van der Waals surface area contributed by atoms with Crippen LogP contribution < -0.4 is 10.6 Å².